The first-order valence-electron chi connectivity index (χ1n) is 6.46. The molecule has 2 aromatic carbocycles. The fraction of sp³-hybridized carbons (Fsp3) is 0.250. The first-order valence-corrected chi connectivity index (χ1v) is 6.46. The summed E-state index contributed by atoms with van der Waals surface area (Å²) in [6.45, 7) is 0.317. The molecule has 0 fully saturated rings. The zero-order valence-electron chi connectivity index (χ0n) is 12.4. The van der Waals surface area contributed by atoms with Crippen molar-refractivity contribution in [2.45, 2.75) is 6.61 Å². The van der Waals surface area contributed by atoms with Gasteiger partial charge in [0.15, 0.2) is 11.5 Å². The smallest absolute Gasteiger partial charge is 0.203 e. The highest BCUT2D eigenvalue weighted by atomic mass is 16.5. The van der Waals surface area contributed by atoms with Gasteiger partial charge in [0.05, 0.1) is 27.0 Å². The van der Waals surface area contributed by atoms with Crippen molar-refractivity contribution in [3.8, 4) is 23.0 Å². The molecule has 0 atom stereocenters. The molecule has 2 N–H and O–H groups in total. The number of nitrogens with two attached hydrogens (primary N) is 1. The first kappa shape index (κ1) is 14.8. The Labute approximate surface area is 124 Å². The molecule has 0 amide bonds. The normalized spacial score (nSPS) is 10.0. The van der Waals surface area contributed by atoms with E-state index >= 15 is 0 Å². The van der Waals surface area contributed by atoms with Crippen LogP contribution in [-0.4, -0.2) is 21.3 Å². The molecule has 21 heavy (non-hydrogen) atoms. The second kappa shape index (κ2) is 6.74. The van der Waals surface area contributed by atoms with Gasteiger partial charge in [-0.1, -0.05) is 12.1 Å². The lowest BCUT2D eigenvalue weighted by atomic mass is 10.2. The largest absolute Gasteiger partial charge is 0.493 e. The van der Waals surface area contributed by atoms with Crippen molar-refractivity contribution < 1.29 is 18.9 Å². The average molecular weight is 289 g/mol. The second-order valence-corrected chi connectivity index (χ2v) is 4.32. The van der Waals surface area contributed by atoms with E-state index in [1.807, 2.05) is 30.3 Å². The number of benzene rings is 2. The van der Waals surface area contributed by atoms with Crippen molar-refractivity contribution in [2.75, 3.05) is 27.1 Å². The van der Waals surface area contributed by atoms with E-state index in [9.17, 15) is 0 Å². The third-order valence-electron chi connectivity index (χ3n) is 3.09. The Hall–Kier alpha value is -2.56. The molecule has 5 heteroatoms. The van der Waals surface area contributed by atoms with Gasteiger partial charge in [-0.2, -0.15) is 0 Å². The standard InChI is InChI=1S/C16H19NO4/c1-18-14-9-8-11(15(19-2)16(14)20-3)10-21-13-7-5-4-6-12(13)17/h4-9H,10,17H2,1-3H3. The minimum Gasteiger partial charge on any atom is -0.493 e. The van der Waals surface area contributed by atoms with Gasteiger partial charge in [-0.15, -0.1) is 0 Å². The molecule has 0 unspecified atom stereocenters. The third kappa shape index (κ3) is 3.13. The highest BCUT2D eigenvalue weighted by molar-refractivity contribution is 5.56. The molecule has 0 spiro atoms. The van der Waals surface area contributed by atoms with Gasteiger partial charge in [0, 0.05) is 5.56 Å². The van der Waals surface area contributed by atoms with Crippen LogP contribution in [0.1, 0.15) is 5.56 Å². The molecule has 0 aromatic heterocycles. The van der Waals surface area contributed by atoms with Gasteiger partial charge >= 0.3 is 0 Å². The zero-order valence-corrected chi connectivity index (χ0v) is 12.4. The van der Waals surface area contributed by atoms with E-state index in [2.05, 4.69) is 0 Å². The molecule has 0 heterocycles. The van der Waals surface area contributed by atoms with E-state index in [-0.39, 0.29) is 0 Å². The monoisotopic (exact) mass is 289 g/mol. The van der Waals surface area contributed by atoms with Crippen LogP contribution in [0.3, 0.4) is 0 Å². The summed E-state index contributed by atoms with van der Waals surface area (Å²) in [4.78, 5) is 0. The van der Waals surface area contributed by atoms with Crippen LogP contribution in [0.5, 0.6) is 23.0 Å². The van der Waals surface area contributed by atoms with Gasteiger partial charge < -0.3 is 24.7 Å². The van der Waals surface area contributed by atoms with E-state index in [1.54, 1.807) is 27.4 Å². The zero-order chi connectivity index (χ0) is 15.2. The number of anilines is 1. The van der Waals surface area contributed by atoms with Gasteiger partial charge in [0.2, 0.25) is 5.75 Å². The molecule has 112 valence electrons. The number of ether oxygens (including phenoxy) is 4. The number of hydrogen-bond acceptors (Lipinski definition) is 5. The third-order valence-corrected chi connectivity index (χ3v) is 3.09. The molecule has 2 rings (SSSR count). The Morgan fingerprint density at radius 2 is 1.52 bits per heavy atom. The van der Waals surface area contributed by atoms with Crippen molar-refractivity contribution in [2.24, 2.45) is 0 Å². The average Bonchev–Trinajstić information content (AvgIpc) is 2.52. The molecular formula is C16H19NO4. The topological polar surface area (TPSA) is 62.9 Å². The minimum absolute atomic E-state index is 0.317. The summed E-state index contributed by atoms with van der Waals surface area (Å²) in [7, 11) is 4.73. The SMILES string of the molecule is COc1ccc(COc2ccccc2N)c(OC)c1OC. The summed E-state index contributed by atoms with van der Waals surface area (Å²) in [5.41, 5.74) is 7.30. The van der Waals surface area contributed by atoms with Crippen LogP contribution in [0.25, 0.3) is 0 Å². The van der Waals surface area contributed by atoms with Crippen LogP contribution < -0.4 is 24.7 Å². The lowest BCUT2D eigenvalue weighted by molar-refractivity contribution is 0.287. The maximum absolute atomic E-state index is 5.86. The minimum atomic E-state index is 0.317. The molecule has 0 saturated heterocycles. The van der Waals surface area contributed by atoms with Crippen molar-refractivity contribution in [1.29, 1.82) is 0 Å². The Morgan fingerprint density at radius 1 is 0.810 bits per heavy atom. The molecule has 0 radical (unpaired) electrons. The summed E-state index contributed by atoms with van der Waals surface area (Å²) in [6, 6.07) is 11.0. The highest BCUT2D eigenvalue weighted by Gasteiger charge is 2.16. The molecule has 2 aromatic rings. The molecule has 0 aliphatic heterocycles. The Kier molecular flexibility index (Phi) is 4.77. The fourth-order valence-corrected chi connectivity index (χ4v) is 2.04. The van der Waals surface area contributed by atoms with Crippen LogP contribution in [0, 0.1) is 0 Å². The highest BCUT2D eigenvalue weighted by Crippen LogP contribution is 2.40. The summed E-state index contributed by atoms with van der Waals surface area (Å²) >= 11 is 0. The van der Waals surface area contributed by atoms with Gasteiger partial charge in [-0.3, -0.25) is 0 Å². The number of hydrogen-bond donors (Lipinski definition) is 1. The molecule has 0 saturated carbocycles. The van der Waals surface area contributed by atoms with Gasteiger partial charge in [-0.05, 0) is 24.3 Å². The van der Waals surface area contributed by atoms with Crippen LogP contribution >= 0.6 is 0 Å². The van der Waals surface area contributed by atoms with Crippen LogP contribution in [0.4, 0.5) is 5.69 Å². The fourth-order valence-electron chi connectivity index (χ4n) is 2.04. The van der Waals surface area contributed by atoms with E-state index in [0.717, 1.165) is 5.56 Å². The van der Waals surface area contributed by atoms with Gasteiger partial charge in [-0.25, -0.2) is 0 Å². The Bertz CT molecular complexity index is 613. The Morgan fingerprint density at radius 3 is 2.14 bits per heavy atom. The predicted molar refractivity (Wildman–Crippen MR) is 81.3 cm³/mol. The predicted octanol–water partition coefficient (Wildman–Crippen LogP) is 2.87. The summed E-state index contributed by atoms with van der Waals surface area (Å²) < 4.78 is 21.7. The maximum Gasteiger partial charge on any atom is 0.203 e. The van der Waals surface area contributed by atoms with Crippen molar-refractivity contribution >= 4 is 5.69 Å². The van der Waals surface area contributed by atoms with E-state index in [1.165, 1.54) is 0 Å². The van der Waals surface area contributed by atoms with Crippen molar-refractivity contribution in [3.05, 3.63) is 42.0 Å². The Balaban J connectivity index is 2.26. The molecule has 5 nitrogen and oxygen atoms in total. The molecule has 0 bridgehead atoms. The van der Waals surface area contributed by atoms with Crippen LogP contribution in [0.2, 0.25) is 0 Å². The van der Waals surface area contributed by atoms with Crippen LogP contribution in [-0.2, 0) is 6.61 Å². The van der Waals surface area contributed by atoms with Crippen molar-refractivity contribution in [3.63, 3.8) is 0 Å². The summed E-state index contributed by atoms with van der Waals surface area (Å²) in [6.07, 6.45) is 0. The molecule has 0 aliphatic carbocycles. The van der Waals surface area contributed by atoms with Gasteiger partial charge in [0.25, 0.3) is 0 Å². The molecular weight excluding hydrogens is 270 g/mol. The van der Waals surface area contributed by atoms with Crippen LogP contribution in [0.15, 0.2) is 36.4 Å². The van der Waals surface area contributed by atoms with E-state index < -0.39 is 0 Å². The lowest BCUT2D eigenvalue weighted by Gasteiger charge is -2.16. The number of methoxy groups -OCH3 is 3. The first-order chi connectivity index (χ1) is 10.2. The number of rotatable bonds is 6. The summed E-state index contributed by atoms with van der Waals surface area (Å²) in [5.74, 6) is 2.38. The lowest BCUT2D eigenvalue weighted by Crippen LogP contribution is -2.03. The quantitative estimate of drug-likeness (QED) is 0.828. The van der Waals surface area contributed by atoms with Gasteiger partial charge in [0.1, 0.15) is 12.4 Å². The van der Waals surface area contributed by atoms with Crippen molar-refractivity contribution in [1.82, 2.24) is 0 Å². The number of nitrogen functional groups attached to an aromatic ring is 1. The maximum atomic E-state index is 5.86. The molecule has 0 aliphatic rings. The number of para-hydroxylation sites is 2. The van der Waals surface area contributed by atoms with E-state index in [0.29, 0.717) is 35.3 Å². The van der Waals surface area contributed by atoms with E-state index in [4.69, 9.17) is 24.7 Å². The second-order valence-electron chi connectivity index (χ2n) is 4.32. The summed E-state index contributed by atoms with van der Waals surface area (Å²) in [5, 5.41) is 0.